The Balaban J connectivity index is 0.00000264. The first-order valence-corrected chi connectivity index (χ1v) is 7.16. The van der Waals surface area contributed by atoms with Gasteiger partial charge in [0.25, 0.3) is 0 Å². The molecular formula is C17H22FIN4. The van der Waals surface area contributed by atoms with Gasteiger partial charge in [-0.15, -0.1) is 24.0 Å². The van der Waals surface area contributed by atoms with Crippen molar-refractivity contribution in [1.82, 2.24) is 15.2 Å². The third-order valence-corrected chi connectivity index (χ3v) is 3.33. The van der Waals surface area contributed by atoms with Gasteiger partial charge in [-0.1, -0.05) is 18.2 Å². The van der Waals surface area contributed by atoms with Crippen LogP contribution in [0.3, 0.4) is 0 Å². The minimum atomic E-state index is -0.221. The van der Waals surface area contributed by atoms with E-state index in [2.05, 4.69) is 15.3 Å². The molecule has 0 spiro atoms. The maximum absolute atomic E-state index is 12.9. The number of aliphatic imine (C=N–C) groups is 1. The number of benzene rings is 1. The molecule has 0 saturated carbocycles. The molecule has 4 nitrogen and oxygen atoms in total. The van der Waals surface area contributed by atoms with E-state index in [1.54, 1.807) is 19.2 Å². The summed E-state index contributed by atoms with van der Waals surface area (Å²) < 4.78 is 12.9. The van der Waals surface area contributed by atoms with Crippen molar-refractivity contribution in [2.45, 2.75) is 20.0 Å². The van der Waals surface area contributed by atoms with Crippen LogP contribution in [0, 0.1) is 12.7 Å². The van der Waals surface area contributed by atoms with Crippen LogP contribution in [0.15, 0.2) is 47.6 Å². The molecule has 0 radical (unpaired) electrons. The molecule has 0 unspecified atom stereocenters. The normalized spacial score (nSPS) is 10.9. The zero-order valence-corrected chi connectivity index (χ0v) is 15.9. The van der Waals surface area contributed by atoms with Gasteiger partial charge < -0.3 is 10.2 Å². The Morgan fingerprint density at radius 1 is 1.17 bits per heavy atom. The van der Waals surface area contributed by atoms with E-state index >= 15 is 0 Å². The molecular weight excluding hydrogens is 406 g/mol. The van der Waals surface area contributed by atoms with E-state index in [1.165, 1.54) is 12.1 Å². The molecule has 124 valence electrons. The van der Waals surface area contributed by atoms with E-state index in [1.807, 2.05) is 37.2 Å². The first-order valence-electron chi connectivity index (χ1n) is 7.16. The summed E-state index contributed by atoms with van der Waals surface area (Å²) in [6.07, 6.45) is 1.86. The average Bonchev–Trinajstić information content (AvgIpc) is 2.52. The number of hydrogen-bond donors (Lipinski definition) is 1. The van der Waals surface area contributed by atoms with Gasteiger partial charge in [-0.25, -0.2) is 4.39 Å². The highest BCUT2D eigenvalue weighted by Crippen LogP contribution is 2.06. The van der Waals surface area contributed by atoms with E-state index in [0.717, 1.165) is 22.8 Å². The van der Waals surface area contributed by atoms with Crippen molar-refractivity contribution >= 4 is 29.9 Å². The lowest BCUT2D eigenvalue weighted by Crippen LogP contribution is -2.38. The minimum Gasteiger partial charge on any atom is -0.352 e. The molecule has 0 saturated heterocycles. The number of rotatable bonds is 4. The predicted molar refractivity (Wildman–Crippen MR) is 102 cm³/mol. The van der Waals surface area contributed by atoms with Crippen LogP contribution >= 0.6 is 24.0 Å². The maximum Gasteiger partial charge on any atom is 0.193 e. The average molecular weight is 428 g/mol. The van der Waals surface area contributed by atoms with Crippen LogP contribution in [0.5, 0.6) is 0 Å². The Morgan fingerprint density at radius 3 is 2.39 bits per heavy atom. The smallest absolute Gasteiger partial charge is 0.193 e. The second-order valence-electron chi connectivity index (χ2n) is 5.19. The molecule has 0 aliphatic carbocycles. The highest BCUT2D eigenvalue weighted by molar-refractivity contribution is 14.0. The van der Waals surface area contributed by atoms with Crippen molar-refractivity contribution < 1.29 is 4.39 Å². The van der Waals surface area contributed by atoms with Gasteiger partial charge in [-0.05, 0) is 36.2 Å². The first-order chi connectivity index (χ1) is 10.6. The van der Waals surface area contributed by atoms with Crippen molar-refractivity contribution in [3.63, 3.8) is 0 Å². The van der Waals surface area contributed by atoms with E-state index in [0.29, 0.717) is 13.1 Å². The molecule has 0 amide bonds. The molecule has 0 aliphatic rings. The van der Waals surface area contributed by atoms with Crippen molar-refractivity contribution in [1.29, 1.82) is 0 Å². The number of nitrogens with one attached hydrogen (secondary N) is 1. The number of aryl methyl sites for hydroxylation is 1. The Morgan fingerprint density at radius 2 is 1.83 bits per heavy atom. The molecule has 6 heteroatoms. The number of hydrogen-bond acceptors (Lipinski definition) is 2. The van der Waals surface area contributed by atoms with Gasteiger partial charge in [0.1, 0.15) is 5.82 Å². The fourth-order valence-corrected chi connectivity index (χ4v) is 2.11. The molecule has 23 heavy (non-hydrogen) atoms. The summed E-state index contributed by atoms with van der Waals surface area (Å²) in [5.74, 6) is 0.561. The number of guanidine groups is 1. The summed E-state index contributed by atoms with van der Waals surface area (Å²) in [4.78, 5) is 10.5. The number of aromatic nitrogens is 1. The number of nitrogens with zero attached hydrogens (tertiary/aromatic N) is 3. The monoisotopic (exact) mass is 428 g/mol. The van der Waals surface area contributed by atoms with E-state index < -0.39 is 0 Å². The predicted octanol–water partition coefficient (Wildman–Crippen LogP) is 3.35. The maximum atomic E-state index is 12.9. The third-order valence-electron chi connectivity index (χ3n) is 3.33. The second-order valence-corrected chi connectivity index (χ2v) is 5.19. The van der Waals surface area contributed by atoms with E-state index in [4.69, 9.17) is 0 Å². The topological polar surface area (TPSA) is 40.5 Å². The Labute approximate surface area is 153 Å². The van der Waals surface area contributed by atoms with Crippen molar-refractivity contribution in [2.24, 2.45) is 4.99 Å². The molecule has 2 aromatic rings. The fraction of sp³-hybridized carbons (Fsp3) is 0.294. The summed E-state index contributed by atoms with van der Waals surface area (Å²) in [5.41, 5.74) is 3.13. The molecule has 0 atom stereocenters. The lowest BCUT2D eigenvalue weighted by molar-refractivity contribution is 0.476. The Bertz CT molecular complexity index is 626. The molecule has 0 fully saturated rings. The van der Waals surface area contributed by atoms with E-state index in [9.17, 15) is 4.39 Å². The standard InChI is InChI=1S/C17H21FN4.HI/c1-13-4-5-15(10-20-13)11-21-17(19-2)22(3)12-14-6-8-16(18)9-7-14;/h4-10H,11-12H2,1-3H3,(H,19,21);1H. The Hall–Kier alpha value is -1.70. The zero-order valence-electron chi connectivity index (χ0n) is 13.6. The zero-order chi connectivity index (χ0) is 15.9. The van der Waals surface area contributed by atoms with Gasteiger partial charge in [-0.2, -0.15) is 0 Å². The summed E-state index contributed by atoms with van der Waals surface area (Å²) in [5, 5.41) is 3.30. The van der Waals surface area contributed by atoms with Gasteiger partial charge in [0.05, 0.1) is 0 Å². The summed E-state index contributed by atoms with van der Waals surface area (Å²) in [6, 6.07) is 10.5. The van der Waals surface area contributed by atoms with Crippen molar-refractivity contribution in [2.75, 3.05) is 14.1 Å². The molecule has 1 N–H and O–H groups in total. The van der Waals surface area contributed by atoms with Gasteiger partial charge in [-0.3, -0.25) is 9.98 Å². The van der Waals surface area contributed by atoms with Crippen LogP contribution in [0.1, 0.15) is 16.8 Å². The molecule has 2 rings (SSSR count). The van der Waals surface area contributed by atoms with Gasteiger partial charge in [0.15, 0.2) is 5.96 Å². The summed E-state index contributed by atoms with van der Waals surface area (Å²) in [7, 11) is 3.70. The second kappa shape index (κ2) is 9.44. The van der Waals surface area contributed by atoms with Gasteiger partial charge in [0, 0.05) is 39.1 Å². The quantitative estimate of drug-likeness (QED) is 0.462. The molecule has 0 bridgehead atoms. The lowest BCUT2D eigenvalue weighted by atomic mass is 10.2. The van der Waals surface area contributed by atoms with Crippen LogP contribution in [-0.4, -0.2) is 29.9 Å². The van der Waals surface area contributed by atoms with Crippen LogP contribution < -0.4 is 5.32 Å². The molecule has 1 aromatic carbocycles. The summed E-state index contributed by atoms with van der Waals surface area (Å²) in [6.45, 7) is 3.28. The fourth-order valence-electron chi connectivity index (χ4n) is 2.11. The molecule has 1 aromatic heterocycles. The molecule has 1 heterocycles. The minimum absolute atomic E-state index is 0. The van der Waals surface area contributed by atoms with Crippen LogP contribution in [0.25, 0.3) is 0 Å². The summed E-state index contributed by atoms with van der Waals surface area (Å²) >= 11 is 0. The van der Waals surface area contributed by atoms with Crippen molar-refractivity contribution in [3.05, 3.63) is 65.2 Å². The number of halogens is 2. The number of pyridine rings is 1. The molecule has 0 aliphatic heterocycles. The lowest BCUT2D eigenvalue weighted by Gasteiger charge is -2.22. The van der Waals surface area contributed by atoms with Gasteiger partial charge >= 0.3 is 0 Å². The SMILES string of the molecule is CN=C(NCc1ccc(C)nc1)N(C)Cc1ccc(F)cc1.I. The third kappa shape index (κ3) is 6.13. The van der Waals surface area contributed by atoms with Crippen LogP contribution in [0.2, 0.25) is 0 Å². The van der Waals surface area contributed by atoms with Crippen molar-refractivity contribution in [3.8, 4) is 0 Å². The largest absolute Gasteiger partial charge is 0.352 e. The van der Waals surface area contributed by atoms with Crippen LogP contribution in [-0.2, 0) is 13.1 Å². The van der Waals surface area contributed by atoms with Gasteiger partial charge in [0.2, 0.25) is 0 Å². The van der Waals surface area contributed by atoms with Crippen LogP contribution in [0.4, 0.5) is 4.39 Å². The highest BCUT2D eigenvalue weighted by atomic mass is 127. The first kappa shape index (κ1) is 19.3. The van der Waals surface area contributed by atoms with E-state index in [-0.39, 0.29) is 29.8 Å². The Kier molecular flexibility index (Phi) is 7.94. The highest BCUT2D eigenvalue weighted by Gasteiger charge is 2.06.